The summed E-state index contributed by atoms with van der Waals surface area (Å²) in [6.45, 7) is 4.24. The molecule has 5 rings (SSSR count). The second-order valence-electron chi connectivity index (χ2n) is 11.0. The van der Waals surface area contributed by atoms with Crippen LogP contribution in [-0.4, -0.2) is 62.2 Å². The maximum atomic E-state index is 14.0. The second-order valence-corrected chi connectivity index (χ2v) is 11.0. The maximum absolute atomic E-state index is 14.0. The summed E-state index contributed by atoms with van der Waals surface area (Å²) in [5, 5.41) is 7.27. The van der Waals surface area contributed by atoms with Gasteiger partial charge in [0.2, 0.25) is 17.6 Å². The number of carbonyl (C=O) groups excluding carboxylic acids is 2. The van der Waals surface area contributed by atoms with Gasteiger partial charge < -0.3 is 19.5 Å². The lowest BCUT2D eigenvalue weighted by Crippen LogP contribution is -2.39. The van der Waals surface area contributed by atoms with Gasteiger partial charge in [0.15, 0.2) is 5.82 Å². The number of anilines is 1. The number of carbonyl (C=O) groups is 2. The van der Waals surface area contributed by atoms with E-state index in [2.05, 4.69) is 10.4 Å². The lowest BCUT2D eigenvalue weighted by molar-refractivity contribution is -0.137. The van der Waals surface area contributed by atoms with E-state index in [4.69, 9.17) is 9.72 Å². The smallest absolute Gasteiger partial charge is 0.381 e. The number of hydrogen-bond acceptors (Lipinski definition) is 6. The lowest BCUT2D eigenvalue weighted by Gasteiger charge is -2.32. The Balaban J connectivity index is 1.54. The predicted octanol–water partition coefficient (Wildman–Crippen LogP) is 4.42. The Morgan fingerprint density at radius 1 is 1.12 bits per heavy atom. The Bertz CT molecular complexity index is 1600. The zero-order valence-electron chi connectivity index (χ0n) is 24.4. The minimum atomic E-state index is -4.49. The molecular formula is C30H35F3N6O4. The molecule has 0 radical (unpaired) electrons. The van der Waals surface area contributed by atoms with Crippen LogP contribution in [-0.2, 0) is 33.5 Å². The molecule has 230 valence electrons. The van der Waals surface area contributed by atoms with Crippen LogP contribution in [0.25, 0.3) is 11.4 Å². The molecule has 1 unspecified atom stereocenters. The van der Waals surface area contributed by atoms with Crippen LogP contribution in [0.15, 0.2) is 35.1 Å². The third-order valence-electron chi connectivity index (χ3n) is 8.36. The molecular weight excluding hydrogens is 565 g/mol. The van der Waals surface area contributed by atoms with Gasteiger partial charge in [-0.1, -0.05) is 13.0 Å². The number of fused-ring (bicyclic) bond motifs is 1. The Morgan fingerprint density at radius 3 is 2.37 bits per heavy atom. The second kappa shape index (κ2) is 12.3. The third-order valence-corrected chi connectivity index (χ3v) is 8.36. The lowest BCUT2D eigenvalue weighted by atomic mass is 9.88. The molecule has 3 heterocycles. The fraction of sp³-hybridized carbons (Fsp3) is 0.500. The first-order chi connectivity index (χ1) is 20.5. The van der Waals surface area contributed by atoms with E-state index < -0.39 is 17.6 Å². The fourth-order valence-corrected chi connectivity index (χ4v) is 6.01. The number of alkyl halides is 3. The largest absolute Gasteiger partial charge is 0.416 e. The summed E-state index contributed by atoms with van der Waals surface area (Å²) in [6.07, 6.45) is 1.41. The number of rotatable bonds is 7. The van der Waals surface area contributed by atoms with E-state index in [0.717, 1.165) is 24.1 Å². The molecule has 10 nitrogen and oxygen atoms in total. The summed E-state index contributed by atoms with van der Waals surface area (Å²) >= 11 is 0. The highest BCUT2D eigenvalue weighted by Crippen LogP contribution is 2.32. The summed E-state index contributed by atoms with van der Waals surface area (Å²) < 4.78 is 47.4. The molecule has 1 atom stereocenters. The number of halogens is 3. The summed E-state index contributed by atoms with van der Waals surface area (Å²) in [4.78, 5) is 45.7. The number of benzene rings is 1. The average molecular weight is 601 g/mol. The van der Waals surface area contributed by atoms with Crippen molar-refractivity contribution in [3.8, 4) is 0 Å². The topological polar surface area (TPSA) is 111 Å². The van der Waals surface area contributed by atoms with Crippen LogP contribution in [0.1, 0.15) is 74.5 Å². The summed E-state index contributed by atoms with van der Waals surface area (Å²) in [7, 11) is 1.67. The van der Waals surface area contributed by atoms with E-state index in [0.29, 0.717) is 62.3 Å². The fourth-order valence-electron chi connectivity index (χ4n) is 6.01. The normalized spacial score (nSPS) is 18.1. The van der Waals surface area contributed by atoms with Crippen LogP contribution in [0.3, 0.4) is 0 Å². The monoisotopic (exact) mass is 600 g/mol. The van der Waals surface area contributed by atoms with Crippen molar-refractivity contribution in [2.45, 2.75) is 77.1 Å². The van der Waals surface area contributed by atoms with Gasteiger partial charge in [0.25, 0.3) is 5.56 Å². The van der Waals surface area contributed by atoms with E-state index in [1.165, 1.54) is 23.6 Å². The van der Waals surface area contributed by atoms with Crippen LogP contribution < -0.4 is 10.9 Å². The molecule has 0 saturated carbocycles. The first-order valence-electron chi connectivity index (χ1n) is 14.5. The van der Waals surface area contributed by atoms with Crippen molar-refractivity contribution in [2.75, 3.05) is 25.5 Å². The van der Waals surface area contributed by atoms with Crippen molar-refractivity contribution in [3.63, 3.8) is 0 Å². The quantitative estimate of drug-likeness (QED) is 0.430. The SMILES string of the molecule is CCc1c(C2CCN(C(C)=O)CC2)c(=O)n2nc(C3=CCC(OC)CC3)nc2n1CC(=O)Nc1ccc(C(F)(F)F)cc1. The van der Waals surface area contributed by atoms with E-state index in [1.54, 1.807) is 16.6 Å². The number of amides is 2. The van der Waals surface area contributed by atoms with Crippen molar-refractivity contribution in [1.29, 1.82) is 0 Å². The number of nitrogens with zero attached hydrogens (tertiary/aromatic N) is 5. The number of allylic oxidation sites excluding steroid dienone is 1. The van der Waals surface area contributed by atoms with Crippen molar-refractivity contribution < 1.29 is 27.5 Å². The van der Waals surface area contributed by atoms with E-state index in [1.807, 2.05) is 13.0 Å². The average Bonchev–Trinajstić information content (AvgIpc) is 3.44. The maximum Gasteiger partial charge on any atom is 0.416 e. The van der Waals surface area contributed by atoms with Gasteiger partial charge in [-0.15, -0.1) is 5.10 Å². The van der Waals surface area contributed by atoms with E-state index in [9.17, 15) is 27.6 Å². The molecule has 43 heavy (non-hydrogen) atoms. The first-order valence-corrected chi connectivity index (χ1v) is 14.5. The Hall–Kier alpha value is -4.00. The van der Waals surface area contributed by atoms with Crippen molar-refractivity contribution in [2.24, 2.45) is 0 Å². The molecule has 13 heteroatoms. The summed E-state index contributed by atoms with van der Waals surface area (Å²) in [6, 6.07) is 4.23. The van der Waals surface area contributed by atoms with Gasteiger partial charge in [-0.2, -0.15) is 22.7 Å². The molecule has 1 fully saturated rings. The zero-order chi connectivity index (χ0) is 30.9. The molecule has 1 saturated heterocycles. The van der Waals surface area contributed by atoms with Crippen LogP contribution in [0.2, 0.25) is 0 Å². The number of nitrogens with one attached hydrogen (secondary N) is 1. The van der Waals surface area contributed by atoms with Gasteiger partial charge in [0.05, 0.1) is 11.7 Å². The molecule has 3 aromatic rings. The minimum absolute atomic E-state index is 0.0145. The molecule has 0 spiro atoms. The van der Waals surface area contributed by atoms with Gasteiger partial charge in [-0.3, -0.25) is 14.4 Å². The highest BCUT2D eigenvalue weighted by Gasteiger charge is 2.31. The molecule has 1 aliphatic heterocycles. The van der Waals surface area contributed by atoms with Crippen LogP contribution in [0.5, 0.6) is 0 Å². The molecule has 1 aliphatic carbocycles. The molecule has 1 aromatic carbocycles. The van der Waals surface area contributed by atoms with Crippen molar-refractivity contribution in [3.05, 3.63) is 63.3 Å². The highest BCUT2D eigenvalue weighted by atomic mass is 19.4. The Morgan fingerprint density at radius 2 is 1.81 bits per heavy atom. The van der Waals surface area contributed by atoms with E-state index >= 15 is 0 Å². The number of hydrogen-bond donors (Lipinski definition) is 1. The standard InChI is InChI=1S/C30H35F3N6O4/c1-4-24-26(19-13-15-37(16-14-19)18(2)40)28(42)39-29(35-27(36-39)20-5-11-23(43-3)12-6-20)38(24)17-25(41)34-22-9-7-21(8-10-22)30(31,32)33/h5,7-10,19,23H,4,6,11-17H2,1-3H3,(H,34,41). The highest BCUT2D eigenvalue weighted by molar-refractivity contribution is 5.91. The summed E-state index contributed by atoms with van der Waals surface area (Å²) in [5.41, 5.74) is 1.20. The van der Waals surface area contributed by atoms with E-state index in [-0.39, 0.29) is 41.5 Å². The van der Waals surface area contributed by atoms with Gasteiger partial charge in [0, 0.05) is 44.1 Å². The third kappa shape index (κ3) is 6.36. The van der Waals surface area contributed by atoms with Gasteiger partial charge >= 0.3 is 6.18 Å². The predicted molar refractivity (Wildman–Crippen MR) is 154 cm³/mol. The van der Waals surface area contributed by atoms with Crippen LogP contribution in [0.4, 0.5) is 18.9 Å². The van der Waals surface area contributed by atoms with Crippen LogP contribution in [0, 0.1) is 0 Å². The van der Waals surface area contributed by atoms with Crippen molar-refractivity contribution in [1.82, 2.24) is 24.1 Å². The minimum Gasteiger partial charge on any atom is -0.381 e. The molecule has 0 bridgehead atoms. The molecule has 1 N–H and O–H groups in total. The molecule has 2 amide bonds. The Kier molecular flexibility index (Phi) is 8.72. The van der Waals surface area contributed by atoms with Crippen LogP contribution >= 0.6 is 0 Å². The Labute approximate surface area is 246 Å². The summed E-state index contributed by atoms with van der Waals surface area (Å²) in [5.74, 6) is -0.00924. The number of likely N-dealkylation sites (tertiary alicyclic amines) is 1. The van der Waals surface area contributed by atoms with Gasteiger partial charge in [0.1, 0.15) is 6.54 Å². The molecule has 2 aromatic heterocycles. The number of ether oxygens (including phenoxy) is 1. The van der Waals surface area contributed by atoms with Crippen molar-refractivity contribution >= 4 is 28.9 Å². The number of aromatic nitrogens is 4. The first kappa shape index (κ1) is 30.5. The van der Waals surface area contributed by atoms with Gasteiger partial charge in [-0.05, 0) is 74.3 Å². The number of piperidine rings is 1. The zero-order valence-corrected chi connectivity index (χ0v) is 24.4. The number of methoxy groups -OCH3 is 1. The molecule has 2 aliphatic rings. The van der Waals surface area contributed by atoms with Gasteiger partial charge in [-0.25, -0.2) is 0 Å².